The van der Waals surface area contributed by atoms with Crippen molar-refractivity contribution < 1.29 is 32.6 Å². The van der Waals surface area contributed by atoms with Gasteiger partial charge in [-0.1, -0.05) is 130 Å². The van der Waals surface area contributed by atoms with Crippen LogP contribution in [-0.4, -0.2) is 37.0 Å². The molecule has 4 atom stereocenters. The Morgan fingerprint density at radius 2 is 0.818 bits per heavy atom. The number of rotatable bonds is 8. The third-order valence-electron chi connectivity index (χ3n) is 8.69. The first kappa shape index (κ1) is 30.8. The van der Waals surface area contributed by atoms with Crippen LogP contribution in [0.5, 0.6) is 0 Å². The van der Waals surface area contributed by atoms with E-state index in [1.165, 1.54) is 0 Å². The van der Waals surface area contributed by atoms with Gasteiger partial charge in [-0.2, -0.15) is 0 Å². The van der Waals surface area contributed by atoms with Gasteiger partial charge in [0.1, 0.15) is 12.2 Å². The lowest BCUT2D eigenvalue weighted by molar-refractivity contribution is -0.472. The molecule has 0 N–H and O–H groups in total. The quantitative estimate of drug-likeness (QED) is 0.187. The highest BCUT2D eigenvalue weighted by atomic mass is 31.1. The molecule has 44 heavy (non-hydrogen) atoms. The Balaban J connectivity index is 1.73. The molecular formula is C36H38O7P+. The SMILES string of the molecule is CCO[C@]1(C)O[C@@H]2[C@@H](O[C@@]1(C)OCC)C(c1ccccc1)(c1ccccc1)O[P+](=O)OC2(c1ccccc1)c1ccccc1. The Kier molecular flexibility index (Phi) is 8.57. The van der Waals surface area contributed by atoms with Gasteiger partial charge in [0, 0.05) is 17.8 Å². The molecule has 2 saturated heterocycles. The third-order valence-corrected chi connectivity index (χ3v) is 9.57. The molecule has 2 aliphatic rings. The molecular weight excluding hydrogens is 575 g/mol. The molecule has 2 fully saturated rings. The summed E-state index contributed by atoms with van der Waals surface area (Å²) in [6.45, 7) is 8.10. The van der Waals surface area contributed by atoms with E-state index in [2.05, 4.69) is 0 Å². The van der Waals surface area contributed by atoms with Crippen molar-refractivity contribution in [2.24, 2.45) is 0 Å². The molecule has 2 heterocycles. The summed E-state index contributed by atoms with van der Waals surface area (Å²) >= 11 is 0. The second-order valence-electron chi connectivity index (χ2n) is 11.2. The molecule has 2 aliphatic heterocycles. The summed E-state index contributed by atoms with van der Waals surface area (Å²) in [5.41, 5.74) is 0.0237. The second kappa shape index (κ2) is 12.3. The van der Waals surface area contributed by atoms with E-state index < -0.39 is 43.2 Å². The second-order valence-corrected chi connectivity index (χ2v) is 12.0. The third kappa shape index (κ3) is 4.93. The maximum absolute atomic E-state index is 14.5. The fourth-order valence-electron chi connectivity index (χ4n) is 6.60. The van der Waals surface area contributed by atoms with Crippen molar-refractivity contribution >= 4 is 8.25 Å². The average Bonchev–Trinajstić information content (AvgIpc) is 3.16. The van der Waals surface area contributed by atoms with Crippen molar-refractivity contribution in [2.75, 3.05) is 13.2 Å². The molecule has 4 aromatic carbocycles. The van der Waals surface area contributed by atoms with Crippen LogP contribution >= 0.6 is 8.25 Å². The van der Waals surface area contributed by atoms with E-state index in [1.807, 2.05) is 149 Å². The minimum absolute atomic E-state index is 0.331. The van der Waals surface area contributed by atoms with E-state index in [1.54, 1.807) is 0 Å². The van der Waals surface area contributed by atoms with Crippen LogP contribution in [0, 0.1) is 0 Å². The number of hydrogen-bond donors (Lipinski definition) is 0. The molecule has 0 unspecified atom stereocenters. The Bertz CT molecular complexity index is 1360. The summed E-state index contributed by atoms with van der Waals surface area (Å²) < 4.78 is 55.1. The molecule has 0 spiro atoms. The fourth-order valence-corrected chi connectivity index (χ4v) is 7.73. The molecule has 0 aliphatic carbocycles. The topological polar surface area (TPSA) is 72.5 Å². The van der Waals surface area contributed by atoms with E-state index in [-0.39, 0.29) is 0 Å². The zero-order chi connectivity index (χ0) is 30.8. The van der Waals surface area contributed by atoms with Gasteiger partial charge in [-0.05, 0) is 49.9 Å². The van der Waals surface area contributed by atoms with Crippen molar-refractivity contribution in [3.63, 3.8) is 0 Å². The molecule has 6 rings (SSSR count). The van der Waals surface area contributed by atoms with Gasteiger partial charge in [-0.15, -0.1) is 0 Å². The standard InChI is InChI=1S/C36H38O7P/c1-5-38-33(3)34(4,39-6-2)41-32-31(40-33)35(27-19-11-7-12-20-27,28-21-13-8-14-22-28)42-44(37)43-36(32,29-23-15-9-16-24-29)30-25-17-10-18-26-30/h7-26,31-32H,5-6H2,1-4H3/q+1/t31-,32-,33-,34-/m1/s1. The first-order valence-corrected chi connectivity index (χ1v) is 16.1. The van der Waals surface area contributed by atoms with Crippen LogP contribution in [0.2, 0.25) is 0 Å². The number of hydrogen-bond acceptors (Lipinski definition) is 7. The predicted molar refractivity (Wildman–Crippen MR) is 167 cm³/mol. The molecule has 7 nitrogen and oxygen atoms in total. The molecule has 0 bridgehead atoms. The van der Waals surface area contributed by atoms with Crippen molar-refractivity contribution in [2.45, 2.75) is 62.7 Å². The van der Waals surface area contributed by atoms with Crippen molar-refractivity contribution in [1.29, 1.82) is 0 Å². The lowest BCUT2D eigenvalue weighted by atomic mass is 9.71. The van der Waals surface area contributed by atoms with E-state index in [4.69, 9.17) is 28.0 Å². The van der Waals surface area contributed by atoms with Gasteiger partial charge in [-0.25, -0.2) is 0 Å². The van der Waals surface area contributed by atoms with E-state index in [0.29, 0.717) is 13.2 Å². The van der Waals surface area contributed by atoms with Gasteiger partial charge < -0.3 is 18.9 Å². The van der Waals surface area contributed by atoms with Crippen LogP contribution in [0.25, 0.3) is 0 Å². The molecule has 4 aromatic rings. The van der Waals surface area contributed by atoms with Gasteiger partial charge in [0.25, 0.3) is 0 Å². The van der Waals surface area contributed by atoms with E-state index in [9.17, 15) is 4.57 Å². The summed E-state index contributed by atoms with van der Waals surface area (Å²) in [7, 11) is -2.79. The Hall–Kier alpha value is -3.26. The van der Waals surface area contributed by atoms with E-state index >= 15 is 0 Å². The largest absolute Gasteiger partial charge is 0.700 e. The van der Waals surface area contributed by atoms with Gasteiger partial charge in [0.05, 0.1) is 0 Å². The Morgan fingerprint density at radius 3 is 1.07 bits per heavy atom. The lowest BCUT2D eigenvalue weighted by Gasteiger charge is -2.57. The van der Waals surface area contributed by atoms with Crippen LogP contribution in [0.1, 0.15) is 49.9 Å². The summed E-state index contributed by atoms with van der Waals surface area (Å²) in [4.78, 5) is 0. The maximum atomic E-state index is 14.5. The summed E-state index contributed by atoms with van der Waals surface area (Å²) in [5, 5.41) is 0. The molecule has 0 saturated carbocycles. The van der Waals surface area contributed by atoms with Gasteiger partial charge in [0.15, 0.2) is 0 Å². The molecule has 0 aromatic heterocycles. The maximum Gasteiger partial charge on any atom is 0.700 e. The minimum Gasteiger partial charge on any atom is -0.346 e. The number of ether oxygens (including phenoxy) is 4. The zero-order valence-corrected chi connectivity index (χ0v) is 26.3. The number of fused-ring (bicyclic) bond motifs is 1. The van der Waals surface area contributed by atoms with Crippen LogP contribution in [0.4, 0.5) is 0 Å². The minimum atomic E-state index is -2.79. The highest BCUT2D eigenvalue weighted by Gasteiger charge is 2.73. The first-order chi connectivity index (χ1) is 21.3. The van der Waals surface area contributed by atoms with Crippen molar-refractivity contribution in [1.82, 2.24) is 0 Å². The molecule has 0 amide bonds. The lowest BCUT2D eigenvalue weighted by Crippen LogP contribution is -2.72. The Morgan fingerprint density at radius 1 is 0.545 bits per heavy atom. The number of benzene rings is 4. The Labute approximate surface area is 260 Å². The molecule has 0 radical (unpaired) electrons. The van der Waals surface area contributed by atoms with Crippen LogP contribution in [0.15, 0.2) is 121 Å². The van der Waals surface area contributed by atoms with Crippen molar-refractivity contribution in [3.05, 3.63) is 144 Å². The smallest absolute Gasteiger partial charge is 0.346 e. The normalized spacial score (nSPS) is 27.7. The fraction of sp³-hybridized carbons (Fsp3) is 0.333. The molecule has 8 heteroatoms. The monoisotopic (exact) mass is 613 g/mol. The molecule has 228 valence electrons. The van der Waals surface area contributed by atoms with Crippen LogP contribution in [0.3, 0.4) is 0 Å². The summed E-state index contributed by atoms with van der Waals surface area (Å²) in [5.74, 6) is -2.79. The first-order valence-electron chi connectivity index (χ1n) is 15.0. The average molecular weight is 614 g/mol. The van der Waals surface area contributed by atoms with Gasteiger partial charge >= 0.3 is 8.25 Å². The summed E-state index contributed by atoms with van der Waals surface area (Å²) in [6.07, 6.45) is -1.92. The highest BCUT2D eigenvalue weighted by Crippen LogP contribution is 2.61. The highest BCUT2D eigenvalue weighted by molar-refractivity contribution is 7.33. The van der Waals surface area contributed by atoms with E-state index in [0.717, 1.165) is 22.3 Å². The summed E-state index contributed by atoms with van der Waals surface area (Å²) in [6, 6.07) is 38.7. The van der Waals surface area contributed by atoms with Gasteiger partial charge in [0.2, 0.25) is 22.8 Å². The predicted octanol–water partition coefficient (Wildman–Crippen LogP) is 7.87. The van der Waals surface area contributed by atoms with Crippen LogP contribution in [-0.2, 0) is 43.8 Å². The van der Waals surface area contributed by atoms with Crippen molar-refractivity contribution in [3.8, 4) is 0 Å². The van der Waals surface area contributed by atoms with Gasteiger partial charge in [-0.3, -0.25) is 0 Å². The van der Waals surface area contributed by atoms with Crippen LogP contribution < -0.4 is 0 Å². The zero-order valence-electron chi connectivity index (χ0n) is 25.4.